The normalized spacial score (nSPS) is 14.9. The number of halogens is 1. The zero-order valence-electron chi connectivity index (χ0n) is 12.5. The average Bonchev–Trinajstić information content (AvgIpc) is 2.45. The van der Waals surface area contributed by atoms with E-state index >= 15 is 0 Å². The second-order valence-electron chi connectivity index (χ2n) is 5.34. The zero-order chi connectivity index (χ0) is 15.9. The number of rotatable bonds is 9. The Morgan fingerprint density at radius 1 is 1.24 bits per heavy atom. The van der Waals surface area contributed by atoms with Crippen molar-refractivity contribution in [3.05, 3.63) is 29.3 Å². The summed E-state index contributed by atoms with van der Waals surface area (Å²) < 4.78 is 27.1. The Morgan fingerprint density at radius 2 is 1.86 bits per heavy atom. The van der Waals surface area contributed by atoms with E-state index in [-0.39, 0.29) is 17.4 Å². The predicted molar refractivity (Wildman–Crippen MR) is 86.0 cm³/mol. The first-order valence-electron chi connectivity index (χ1n) is 7.29. The lowest BCUT2D eigenvalue weighted by atomic mass is 9.96. The van der Waals surface area contributed by atoms with E-state index in [2.05, 4.69) is 11.6 Å². The van der Waals surface area contributed by atoms with Gasteiger partial charge in [0.25, 0.3) is 0 Å². The fourth-order valence-corrected chi connectivity index (χ4v) is 3.59. The summed E-state index contributed by atoms with van der Waals surface area (Å²) in [6, 6.07) is 5.52. The molecule has 0 heterocycles. The summed E-state index contributed by atoms with van der Waals surface area (Å²) >= 11 is 5.76. The summed E-state index contributed by atoms with van der Waals surface area (Å²) in [5, 5.41) is 9.95. The van der Waals surface area contributed by atoms with Crippen LogP contribution >= 0.6 is 11.6 Å². The Kier molecular flexibility index (Phi) is 7.66. The van der Waals surface area contributed by atoms with Crippen LogP contribution in [0.4, 0.5) is 0 Å². The smallest absolute Gasteiger partial charge is 0.240 e. The van der Waals surface area contributed by atoms with Gasteiger partial charge in [0.05, 0.1) is 11.5 Å². The number of benzene rings is 1. The molecule has 2 unspecified atom stereocenters. The molecular formula is C15H24ClNO3S. The lowest BCUT2D eigenvalue weighted by Crippen LogP contribution is -2.41. The summed E-state index contributed by atoms with van der Waals surface area (Å²) in [6.07, 6.45) is 4.17. The van der Waals surface area contributed by atoms with Crippen molar-refractivity contribution in [3.8, 4) is 0 Å². The molecule has 21 heavy (non-hydrogen) atoms. The average molecular weight is 334 g/mol. The first-order chi connectivity index (χ1) is 9.90. The van der Waals surface area contributed by atoms with E-state index in [1.807, 2.05) is 6.92 Å². The van der Waals surface area contributed by atoms with Crippen LogP contribution in [-0.4, -0.2) is 26.2 Å². The molecule has 0 aliphatic carbocycles. The predicted octanol–water partition coefficient (Wildman–Crippen LogP) is 3.20. The SMILES string of the molecule is CCCCCC(C)C(CO)NS(=O)(=O)c1ccc(Cl)cc1. The van der Waals surface area contributed by atoms with Crippen LogP contribution in [0.3, 0.4) is 0 Å². The van der Waals surface area contributed by atoms with E-state index in [0.29, 0.717) is 5.02 Å². The standard InChI is InChI=1S/C15H24ClNO3S/c1-3-4-5-6-12(2)15(11-18)17-21(19,20)14-9-7-13(16)8-10-14/h7-10,12,15,17-18H,3-6,11H2,1-2H3. The molecule has 0 amide bonds. The topological polar surface area (TPSA) is 66.4 Å². The molecule has 0 radical (unpaired) electrons. The van der Waals surface area contributed by atoms with Gasteiger partial charge in [0.15, 0.2) is 0 Å². The first kappa shape index (κ1) is 18.4. The fourth-order valence-electron chi connectivity index (χ4n) is 2.13. The maximum absolute atomic E-state index is 12.3. The maximum atomic E-state index is 12.3. The summed E-state index contributed by atoms with van der Waals surface area (Å²) in [5.41, 5.74) is 0. The van der Waals surface area contributed by atoms with E-state index < -0.39 is 16.1 Å². The van der Waals surface area contributed by atoms with Crippen molar-refractivity contribution in [2.75, 3.05) is 6.61 Å². The van der Waals surface area contributed by atoms with Crippen LogP contribution < -0.4 is 4.72 Å². The molecule has 120 valence electrons. The van der Waals surface area contributed by atoms with Crippen molar-refractivity contribution in [1.29, 1.82) is 0 Å². The molecule has 0 aliphatic rings. The monoisotopic (exact) mass is 333 g/mol. The Morgan fingerprint density at radius 3 is 2.38 bits per heavy atom. The number of nitrogens with one attached hydrogen (secondary N) is 1. The highest BCUT2D eigenvalue weighted by molar-refractivity contribution is 7.89. The van der Waals surface area contributed by atoms with Gasteiger partial charge in [-0.2, -0.15) is 0 Å². The quantitative estimate of drug-likeness (QED) is 0.682. The van der Waals surface area contributed by atoms with E-state index in [9.17, 15) is 13.5 Å². The Bertz CT molecular complexity index is 516. The van der Waals surface area contributed by atoms with E-state index in [1.54, 1.807) is 0 Å². The molecule has 0 fully saturated rings. The van der Waals surface area contributed by atoms with E-state index in [1.165, 1.54) is 24.3 Å². The molecule has 0 saturated carbocycles. The van der Waals surface area contributed by atoms with E-state index in [4.69, 9.17) is 11.6 Å². The highest BCUT2D eigenvalue weighted by Gasteiger charge is 2.23. The number of unbranched alkanes of at least 4 members (excludes halogenated alkanes) is 2. The minimum absolute atomic E-state index is 0.0867. The van der Waals surface area contributed by atoms with Crippen molar-refractivity contribution >= 4 is 21.6 Å². The molecular weight excluding hydrogens is 310 g/mol. The van der Waals surface area contributed by atoms with Gasteiger partial charge >= 0.3 is 0 Å². The van der Waals surface area contributed by atoms with Crippen LogP contribution in [0, 0.1) is 5.92 Å². The Labute approximate surface area is 132 Å². The van der Waals surface area contributed by atoms with Crippen molar-refractivity contribution in [3.63, 3.8) is 0 Å². The first-order valence-corrected chi connectivity index (χ1v) is 9.15. The molecule has 2 atom stereocenters. The summed E-state index contributed by atoms with van der Waals surface area (Å²) in [7, 11) is -3.63. The zero-order valence-corrected chi connectivity index (χ0v) is 14.1. The molecule has 0 aliphatic heterocycles. The number of aliphatic hydroxyl groups is 1. The summed E-state index contributed by atoms with van der Waals surface area (Å²) in [5.74, 6) is 0.0867. The third kappa shape index (κ3) is 5.94. The minimum Gasteiger partial charge on any atom is -0.395 e. The van der Waals surface area contributed by atoms with Crippen LogP contribution in [0.2, 0.25) is 5.02 Å². The van der Waals surface area contributed by atoms with Crippen LogP contribution in [0.25, 0.3) is 0 Å². The molecule has 6 heteroatoms. The number of hydrogen-bond donors (Lipinski definition) is 2. The number of sulfonamides is 1. The van der Waals surface area contributed by atoms with Crippen molar-refractivity contribution in [2.45, 2.75) is 50.5 Å². The van der Waals surface area contributed by atoms with Gasteiger partial charge in [-0.1, -0.05) is 44.7 Å². The van der Waals surface area contributed by atoms with Gasteiger partial charge in [-0.25, -0.2) is 13.1 Å². The van der Waals surface area contributed by atoms with Gasteiger partial charge in [0.2, 0.25) is 10.0 Å². The third-order valence-electron chi connectivity index (χ3n) is 3.58. The lowest BCUT2D eigenvalue weighted by molar-refractivity contribution is 0.214. The van der Waals surface area contributed by atoms with Gasteiger partial charge < -0.3 is 5.11 Å². The van der Waals surface area contributed by atoms with Gasteiger partial charge in [-0.05, 0) is 36.6 Å². The van der Waals surface area contributed by atoms with Crippen LogP contribution in [0.1, 0.15) is 39.5 Å². The minimum atomic E-state index is -3.63. The molecule has 2 N–H and O–H groups in total. The van der Waals surface area contributed by atoms with Gasteiger partial charge in [0, 0.05) is 11.1 Å². The molecule has 1 rings (SSSR count). The molecule has 4 nitrogen and oxygen atoms in total. The second-order valence-corrected chi connectivity index (χ2v) is 7.49. The van der Waals surface area contributed by atoms with E-state index in [0.717, 1.165) is 25.7 Å². The molecule has 1 aromatic rings. The molecule has 1 aromatic carbocycles. The Balaban J connectivity index is 2.72. The van der Waals surface area contributed by atoms with Crippen molar-refractivity contribution in [1.82, 2.24) is 4.72 Å². The van der Waals surface area contributed by atoms with Crippen molar-refractivity contribution < 1.29 is 13.5 Å². The van der Waals surface area contributed by atoms with Gasteiger partial charge in [-0.15, -0.1) is 0 Å². The van der Waals surface area contributed by atoms with Crippen molar-refractivity contribution in [2.24, 2.45) is 5.92 Å². The largest absolute Gasteiger partial charge is 0.395 e. The molecule has 0 spiro atoms. The highest BCUT2D eigenvalue weighted by Crippen LogP contribution is 2.18. The molecule has 0 bridgehead atoms. The summed E-state index contributed by atoms with van der Waals surface area (Å²) in [4.78, 5) is 0.158. The van der Waals surface area contributed by atoms with Gasteiger partial charge in [0.1, 0.15) is 0 Å². The second kappa shape index (κ2) is 8.73. The highest BCUT2D eigenvalue weighted by atomic mass is 35.5. The van der Waals surface area contributed by atoms with Gasteiger partial charge in [-0.3, -0.25) is 0 Å². The third-order valence-corrected chi connectivity index (χ3v) is 5.33. The molecule has 0 saturated heterocycles. The fraction of sp³-hybridized carbons (Fsp3) is 0.600. The maximum Gasteiger partial charge on any atom is 0.240 e. The van der Waals surface area contributed by atoms with Crippen LogP contribution in [0.5, 0.6) is 0 Å². The molecule has 0 aromatic heterocycles. The van der Waals surface area contributed by atoms with Crippen LogP contribution in [0.15, 0.2) is 29.2 Å². The number of aliphatic hydroxyl groups excluding tert-OH is 1. The Hall–Kier alpha value is -0.620. The van der Waals surface area contributed by atoms with Crippen LogP contribution in [-0.2, 0) is 10.0 Å². The lowest BCUT2D eigenvalue weighted by Gasteiger charge is -2.23. The number of hydrogen-bond acceptors (Lipinski definition) is 3. The summed E-state index contributed by atoms with van der Waals surface area (Å²) in [6.45, 7) is 3.87.